The van der Waals surface area contributed by atoms with E-state index in [0.29, 0.717) is 6.61 Å². The van der Waals surface area contributed by atoms with Crippen LogP contribution in [-0.2, 0) is 6.61 Å². The molecule has 27 heavy (non-hydrogen) atoms. The summed E-state index contributed by atoms with van der Waals surface area (Å²) >= 11 is 0. The van der Waals surface area contributed by atoms with Gasteiger partial charge in [-0.3, -0.25) is 4.99 Å². The van der Waals surface area contributed by atoms with Crippen LogP contribution in [0.4, 0.5) is 5.69 Å². The number of rotatable bonds is 6. The molecule has 0 aromatic heterocycles. The summed E-state index contributed by atoms with van der Waals surface area (Å²) in [5.41, 5.74) is 5.28. The Balaban J connectivity index is 1.75. The molecule has 0 bridgehead atoms. The normalized spacial score (nSPS) is 10.9. The Morgan fingerprint density at radius 2 is 1.78 bits per heavy atom. The van der Waals surface area contributed by atoms with Gasteiger partial charge in [0.1, 0.15) is 12.4 Å². The van der Waals surface area contributed by atoms with Gasteiger partial charge in [0.2, 0.25) is 0 Å². The minimum atomic E-state index is -0.935. The Hall–Kier alpha value is -3.40. The number of carbonyl (C=O) groups is 1. The minimum Gasteiger partial charge on any atom is -0.488 e. The van der Waals surface area contributed by atoms with Gasteiger partial charge < -0.3 is 9.84 Å². The molecular formula is C23H21NO3. The summed E-state index contributed by atoms with van der Waals surface area (Å²) in [7, 11) is 0. The fourth-order valence-electron chi connectivity index (χ4n) is 2.62. The molecule has 0 radical (unpaired) electrons. The monoisotopic (exact) mass is 359 g/mol. The average molecular weight is 359 g/mol. The van der Waals surface area contributed by atoms with E-state index >= 15 is 0 Å². The van der Waals surface area contributed by atoms with Crippen molar-refractivity contribution in [3.8, 4) is 5.75 Å². The number of hydrogen-bond donors (Lipinski definition) is 1. The number of benzene rings is 3. The molecule has 136 valence electrons. The maximum absolute atomic E-state index is 10.9. The van der Waals surface area contributed by atoms with Crippen molar-refractivity contribution in [1.29, 1.82) is 0 Å². The zero-order valence-corrected chi connectivity index (χ0v) is 15.3. The number of hydrogen-bond acceptors (Lipinski definition) is 3. The molecule has 0 aliphatic rings. The van der Waals surface area contributed by atoms with Crippen molar-refractivity contribution < 1.29 is 14.6 Å². The van der Waals surface area contributed by atoms with Gasteiger partial charge in [0, 0.05) is 11.8 Å². The third-order valence-corrected chi connectivity index (χ3v) is 4.22. The first kappa shape index (κ1) is 18.4. The number of ether oxygens (including phenoxy) is 1. The van der Waals surface area contributed by atoms with Crippen molar-refractivity contribution >= 4 is 17.9 Å². The van der Waals surface area contributed by atoms with Gasteiger partial charge in [-0.05, 0) is 60.9 Å². The highest BCUT2D eigenvalue weighted by Crippen LogP contribution is 2.22. The Morgan fingerprint density at radius 1 is 1.04 bits per heavy atom. The molecule has 3 aromatic carbocycles. The van der Waals surface area contributed by atoms with E-state index in [-0.39, 0.29) is 5.56 Å². The van der Waals surface area contributed by atoms with Gasteiger partial charge >= 0.3 is 5.97 Å². The maximum atomic E-state index is 10.9. The van der Waals surface area contributed by atoms with Crippen LogP contribution in [0.1, 0.15) is 32.6 Å². The van der Waals surface area contributed by atoms with Gasteiger partial charge in [-0.15, -0.1) is 0 Å². The number of aryl methyl sites for hydroxylation is 2. The van der Waals surface area contributed by atoms with Crippen LogP contribution in [0.25, 0.3) is 0 Å². The van der Waals surface area contributed by atoms with Crippen molar-refractivity contribution in [3.05, 3.63) is 94.5 Å². The highest BCUT2D eigenvalue weighted by atomic mass is 16.5. The molecule has 1 N–H and O–H groups in total. The maximum Gasteiger partial charge on any atom is 0.335 e. The van der Waals surface area contributed by atoms with E-state index in [1.807, 2.05) is 44.3 Å². The number of carboxylic acid groups (broad SMARTS) is 1. The molecule has 3 rings (SSSR count). The van der Waals surface area contributed by atoms with E-state index < -0.39 is 5.97 Å². The van der Waals surface area contributed by atoms with Crippen LogP contribution in [0.3, 0.4) is 0 Å². The van der Waals surface area contributed by atoms with Crippen molar-refractivity contribution in [3.63, 3.8) is 0 Å². The SMILES string of the molecule is Cc1ccc(C)c(N=Cc2ccccc2OCc2ccc(C(=O)O)cc2)c1. The highest BCUT2D eigenvalue weighted by molar-refractivity contribution is 5.87. The largest absolute Gasteiger partial charge is 0.488 e. The summed E-state index contributed by atoms with van der Waals surface area (Å²) in [6, 6.07) is 20.6. The molecule has 0 spiro atoms. The standard InChI is InChI=1S/C23H21NO3/c1-16-7-8-17(2)21(13-16)24-14-20-5-3-4-6-22(20)27-15-18-9-11-19(12-10-18)23(25)26/h3-14H,15H2,1-2H3,(H,25,26). The lowest BCUT2D eigenvalue weighted by Gasteiger charge is -2.09. The first-order valence-corrected chi connectivity index (χ1v) is 8.68. The molecule has 3 aromatic rings. The highest BCUT2D eigenvalue weighted by Gasteiger charge is 2.05. The molecule has 4 nitrogen and oxygen atoms in total. The average Bonchev–Trinajstić information content (AvgIpc) is 2.68. The smallest absolute Gasteiger partial charge is 0.335 e. The summed E-state index contributed by atoms with van der Waals surface area (Å²) < 4.78 is 5.93. The van der Waals surface area contributed by atoms with Gasteiger partial charge in [0.05, 0.1) is 11.3 Å². The van der Waals surface area contributed by atoms with Crippen molar-refractivity contribution in [2.75, 3.05) is 0 Å². The lowest BCUT2D eigenvalue weighted by molar-refractivity contribution is 0.0697. The third kappa shape index (κ3) is 4.82. The predicted molar refractivity (Wildman–Crippen MR) is 107 cm³/mol. The Morgan fingerprint density at radius 3 is 2.52 bits per heavy atom. The summed E-state index contributed by atoms with van der Waals surface area (Å²) in [4.78, 5) is 15.5. The van der Waals surface area contributed by atoms with Crippen LogP contribution in [0.5, 0.6) is 5.75 Å². The third-order valence-electron chi connectivity index (χ3n) is 4.22. The van der Waals surface area contributed by atoms with Gasteiger partial charge in [0.15, 0.2) is 0 Å². The molecule has 0 amide bonds. The summed E-state index contributed by atoms with van der Waals surface area (Å²) in [5, 5.41) is 8.96. The zero-order valence-electron chi connectivity index (χ0n) is 15.3. The topological polar surface area (TPSA) is 58.9 Å². The molecule has 0 heterocycles. The molecular weight excluding hydrogens is 338 g/mol. The Bertz CT molecular complexity index is 975. The first-order chi connectivity index (χ1) is 13.0. The van der Waals surface area contributed by atoms with E-state index in [1.165, 1.54) is 5.56 Å². The first-order valence-electron chi connectivity index (χ1n) is 8.68. The summed E-state index contributed by atoms with van der Waals surface area (Å²) in [6.45, 7) is 4.44. The van der Waals surface area contributed by atoms with Gasteiger partial charge in [0.25, 0.3) is 0 Å². The van der Waals surface area contributed by atoms with E-state index in [2.05, 4.69) is 23.2 Å². The van der Waals surface area contributed by atoms with Crippen LogP contribution in [-0.4, -0.2) is 17.3 Å². The van der Waals surface area contributed by atoms with Crippen LogP contribution in [0.2, 0.25) is 0 Å². The number of aromatic carboxylic acids is 1. The van der Waals surface area contributed by atoms with Crippen molar-refractivity contribution in [2.45, 2.75) is 20.5 Å². The molecule has 0 saturated heterocycles. The van der Waals surface area contributed by atoms with E-state index in [4.69, 9.17) is 9.84 Å². The van der Waals surface area contributed by atoms with Gasteiger partial charge in [-0.25, -0.2) is 4.79 Å². The lowest BCUT2D eigenvalue weighted by Crippen LogP contribution is -2.00. The molecule has 0 unspecified atom stereocenters. The second kappa shape index (κ2) is 8.32. The van der Waals surface area contributed by atoms with Crippen LogP contribution in [0.15, 0.2) is 71.7 Å². The number of aliphatic imine (C=N–C) groups is 1. The molecule has 0 fully saturated rings. The molecule has 0 aliphatic carbocycles. The Kier molecular flexibility index (Phi) is 5.67. The lowest BCUT2D eigenvalue weighted by atomic mass is 10.1. The predicted octanol–water partition coefficient (Wildman–Crippen LogP) is 5.33. The number of carboxylic acids is 1. The fraction of sp³-hybridized carbons (Fsp3) is 0.130. The molecule has 0 saturated carbocycles. The van der Waals surface area contributed by atoms with Gasteiger partial charge in [-0.1, -0.05) is 36.4 Å². The molecule has 0 atom stereocenters. The molecule has 4 heteroatoms. The number of nitrogens with zero attached hydrogens (tertiary/aromatic N) is 1. The second-order valence-corrected chi connectivity index (χ2v) is 6.38. The van der Waals surface area contributed by atoms with Crippen LogP contribution < -0.4 is 4.74 Å². The summed E-state index contributed by atoms with van der Waals surface area (Å²) in [6.07, 6.45) is 1.81. The quantitative estimate of drug-likeness (QED) is 0.605. The van der Waals surface area contributed by atoms with E-state index in [9.17, 15) is 4.79 Å². The fourth-order valence-corrected chi connectivity index (χ4v) is 2.62. The van der Waals surface area contributed by atoms with Crippen LogP contribution in [0, 0.1) is 13.8 Å². The van der Waals surface area contributed by atoms with Crippen LogP contribution >= 0.6 is 0 Å². The van der Waals surface area contributed by atoms with E-state index in [1.54, 1.807) is 24.3 Å². The van der Waals surface area contributed by atoms with Crippen molar-refractivity contribution in [1.82, 2.24) is 0 Å². The number of para-hydroxylation sites is 1. The zero-order chi connectivity index (χ0) is 19.2. The van der Waals surface area contributed by atoms with Crippen molar-refractivity contribution in [2.24, 2.45) is 4.99 Å². The minimum absolute atomic E-state index is 0.264. The summed E-state index contributed by atoms with van der Waals surface area (Å²) in [5.74, 6) is -0.204. The molecule has 0 aliphatic heterocycles. The van der Waals surface area contributed by atoms with E-state index in [0.717, 1.165) is 28.1 Å². The van der Waals surface area contributed by atoms with Gasteiger partial charge in [-0.2, -0.15) is 0 Å². The second-order valence-electron chi connectivity index (χ2n) is 6.38. The Labute approximate surface area is 158 Å².